The number of rotatable bonds is 8. The van der Waals surface area contributed by atoms with E-state index in [1.807, 2.05) is 0 Å². The van der Waals surface area contributed by atoms with Crippen LogP contribution in [0.2, 0.25) is 0 Å². The van der Waals surface area contributed by atoms with Crippen molar-refractivity contribution in [3.05, 3.63) is 0 Å². The monoisotopic (exact) mass is 295 g/mol. The molecule has 2 saturated carbocycles. The highest BCUT2D eigenvalue weighted by molar-refractivity contribution is 5.76. The zero-order valence-electron chi connectivity index (χ0n) is 13.0. The Morgan fingerprint density at radius 1 is 1.00 bits per heavy atom. The molecule has 1 atom stereocenters. The van der Waals surface area contributed by atoms with Crippen molar-refractivity contribution in [3.8, 4) is 0 Å². The third kappa shape index (κ3) is 6.06. The second kappa shape index (κ2) is 8.40. The summed E-state index contributed by atoms with van der Waals surface area (Å²) < 4.78 is 0. The zero-order valence-corrected chi connectivity index (χ0v) is 13.0. The Hall–Kier alpha value is -1.06. The van der Waals surface area contributed by atoms with E-state index in [0.29, 0.717) is 24.7 Å². The van der Waals surface area contributed by atoms with Crippen molar-refractivity contribution in [3.63, 3.8) is 0 Å². The van der Waals surface area contributed by atoms with Crippen molar-refractivity contribution < 1.29 is 14.7 Å². The number of carbonyl (C=O) groups is 2. The van der Waals surface area contributed by atoms with Crippen LogP contribution in [0.3, 0.4) is 0 Å². The smallest absolute Gasteiger partial charge is 0.303 e. The summed E-state index contributed by atoms with van der Waals surface area (Å²) in [6.07, 6.45) is 12.3. The number of hydrogen-bond donors (Lipinski definition) is 2. The molecule has 0 bridgehead atoms. The summed E-state index contributed by atoms with van der Waals surface area (Å²) in [6, 6.07) is 0.0526. The van der Waals surface area contributed by atoms with Crippen molar-refractivity contribution in [2.24, 2.45) is 11.8 Å². The summed E-state index contributed by atoms with van der Waals surface area (Å²) >= 11 is 0. The Morgan fingerprint density at radius 2 is 1.67 bits per heavy atom. The Balaban J connectivity index is 1.77. The standard InChI is InChI=1S/C17H29NO3/c19-16(12-14-7-4-8-14)18-15(9-10-17(20)21)11-13-5-2-1-3-6-13/h13-15H,1-12H2,(H,18,19)(H,20,21). The highest BCUT2D eigenvalue weighted by atomic mass is 16.4. The number of amides is 1. The maximum absolute atomic E-state index is 12.1. The van der Waals surface area contributed by atoms with Crippen LogP contribution in [0.25, 0.3) is 0 Å². The lowest BCUT2D eigenvalue weighted by molar-refractivity contribution is -0.137. The molecule has 1 amide bonds. The molecule has 4 heteroatoms. The predicted octanol–water partition coefficient (Wildman–Crippen LogP) is 3.50. The quantitative estimate of drug-likeness (QED) is 0.720. The first kappa shape index (κ1) is 16.3. The van der Waals surface area contributed by atoms with Crippen molar-refractivity contribution in [2.75, 3.05) is 0 Å². The molecule has 0 aromatic carbocycles. The first-order valence-corrected chi connectivity index (χ1v) is 8.64. The molecule has 0 aromatic rings. The van der Waals surface area contributed by atoms with Gasteiger partial charge in [0.25, 0.3) is 0 Å². The molecule has 1 unspecified atom stereocenters. The highest BCUT2D eigenvalue weighted by Crippen LogP contribution is 2.30. The first-order chi connectivity index (χ1) is 10.1. The molecule has 2 N–H and O–H groups in total. The van der Waals surface area contributed by atoms with Gasteiger partial charge in [-0.3, -0.25) is 9.59 Å². The molecule has 0 aromatic heterocycles. The molecule has 2 rings (SSSR count). The van der Waals surface area contributed by atoms with E-state index in [1.165, 1.54) is 51.4 Å². The fourth-order valence-electron chi connectivity index (χ4n) is 3.62. The van der Waals surface area contributed by atoms with Crippen molar-refractivity contribution >= 4 is 11.9 Å². The van der Waals surface area contributed by atoms with Crippen molar-refractivity contribution in [1.82, 2.24) is 5.32 Å². The predicted molar refractivity (Wildman–Crippen MR) is 82.0 cm³/mol. The van der Waals surface area contributed by atoms with Gasteiger partial charge in [-0.05, 0) is 37.5 Å². The minimum absolute atomic E-state index is 0.0526. The van der Waals surface area contributed by atoms with Gasteiger partial charge in [0.15, 0.2) is 0 Å². The Labute approximate surface area is 127 Å². The lowest BCUT2D eigenvalue weighted by Gasteiger charge is -2.29. The second-order valence-electron chi connectivity index (χ2n) is 6.94. The van der Waals surface area contributed by atoms with Crippen LogP contribution in [0.5, 0.6) is 0 Å². The second-order valence-corrected chi connectivity index (χ2v) is 6.94. The van der Waals surface area contributed by atoms with Gasteiger partial charge < -0.3 is 10.4 Å². The van der Waals surface area contributed by atoms with Gasteiger partial charge in [0, 0.05) is 18.9 Å². The first-order valence-electron chi connectivity index (χ1n) is 8.64. The molecule has 2 aliphatic carbocycles. The van der Waals surface area contributed by atoms with Crippen LogP contribution >= 0.6 is 0 Å². The van der Waals surface area contributed by atoms with E-state index in [2.05, 4.69) is 5.32 Å². The fraction of sp³-hybridized carbons (Fsp3) is 0.882. The van der Waals surface area contributed by atoms with E-state index in [0.717, 1.165) is 6.42 Å². The molecule has 4 nitrogen and oxygen atoms in total. The van der Waals surface area contributed by atoms with Gasteiger partial charge in [-0.1, -0.05) is 38.5 Å². The molecule has 120 valence electrons. The van der Waals surface area contributed by atoms with Crippen LogP contribution in [0, 0.1) is 11.8 Å². The fourth-order valence-corrected chi connectivity index (χ4v) is 3.62. The van der Waals surface area contributed by atoms with Gasteiger partial charge in [-0.25, -0.2) is 0 Å². The minimum Gasteiger partial charge on any atom is -0.481 e. The van der Waals surface area contributed by atoms with Crippen LogP contribution in [-0.4, -0.2) is 23.0 Å². The number of carboxylic acids is 1. The average Bonchev–Trinajstić information content (AvgIpc) is 2.41. The van der Waals surface area contributed by atoms with Crippen LogP contribution in [0.15, 0.2) is 0 Å². The topological polar surface area (TPSA) is 66.4 Å². The number of aliphatic carboxylic acids is 1. The maximum atomic E-state index is 12.1. The SMILES string of the molecule is O=C(O)CCC(CC1CCCCC1)NC(=O)CC1CCC1. The molecule has 2 fully saturated rings. The van der Waals surface area contributed by atoms with Crippen LogP contribution < -0.4 is 5.32 Å². The maximum Gasteiger partial charge on any atom is 0.303 e. The third-order valence-corrected chi connectivity index (χ3v) is 5.11. The summed E-state index contributed by atoms with van der Waals surface area (Å²) in [6.45, 7) is 0. The summed E-state index contributed by atoms with van der Waals surface area (Å²) in [7, 11) is 0. The van der Waals surface area contributed by atoms with Gasteiger partial charge >= 0.3 is 5.97 Å². The molecule has 0 radical (unpaired) electrons. The van der Waals surface area contributed by atoms with Crippen LogP contribution in [0.1, 0.15) is 77.0 Å². The molecular weight excluding hydrogens is 266 g/mol. The molecule has 0 heterocycles. The molecule has 0 spiro atoms. The van der Waals surface area contributed by atoms with Crippen LogP contribution in [0.4, 0.5) is 0 Å². The van der Waals surface area contributed by atoms with Gasteiger partial charge in [0.1, 0.15) is 0 Å². The largest absolute Gasteiger partial charge is 0.481 e. The van der Waals surface area contributed by atoms with Gasteiger partial charge in [-0.2, -0.15) is 0 Å². The Morgan fingerprint density at radius 3 is 2.24 bits per heavy atom. The van der Waals surface area contributed by atoms with E-state index in [9.17, 15) is 9.59 Å². The van der Waals surface area contributed by atoms with Crippen molar-refractivity contribution in [2.45, 2.75) is 83.1 Å². The minimum atomic E-state index is -0.767. The Kier molecular flexibility index (Phi) is 6.52. The zero-order chi connectivity index (χ0) is 15.1. The molecular formula is C17H29NO3. The van der Waals surface area contributed by atoms with Gasteiger partial charge in [-0.15, -0.1) is 0 Å². The molecule has 2 aliphatic rings. The summed E-state index contributed by atoms with van der Waals surface area (Å²) in [5.41, 5.74) is 0. The normalized spacial score (nSPS) is 21.5. The van der Waals surface area contributed by atoms with E-state index in [-0.39, 0.29) is 18.4 Å². The average molecular weight is 295 g/mol. The lowest BCUT2D eigenvalue weighted by atomic mass is 9.82. The number of carbonyl (C=O) groups excluding carboxylic acids is 1. The van der Waals surface area contributed by atoms with E-state index in [4.69, 9.17) is 5.11 Å². The lowest BCUT2D eigenvalue weighted by Crippen LogP contribution is -2.38. The van der Waals surface area contributed by atoms with Gasteiger partial charge in [0.05, 0.1) is 0 Å². The van der Waals surface area contributed by atoms with E-state index in [1.54, 1.807) is 0 Å². The van der Waals surface area contributed by atoms with Crippen molar-refractivity contribution in [1.29, 1.82) is 0 Å². The third-order valence-electron chi connectivity index (χ3n) is 5.11. The molecule has 0 saturated heterocycles. The Bertz CT molecular complexity index is 346. The summed E-state index contributed by atoms with van der Waals surface area (Å²) in [4.78, 5) is 22.9. The van der Waals surface area contributed by atoms with E-state index < -0.39 is 5.97 Å². The molecule has 21 heavy (non-hydrogen) atoms. The molecule has 0 aliphatic heterocycles. The highest BCUT2D eigenvalue weighted by Gasteiger charge is 2.24. The summed E-state index contributed by atoms with van der Waals surface area (Å²) in [5.74, 6) is 0.601. The van der Waals surface area contributed by atoms with E-state index >= 15 is 0 Å². The number of carboxylic acid groups (broad SMARTS) is 1. The van der Waals surface area contributed by atoms with Crippen LogP contribution in [-0.2, 0) is 9.59 Å². The van der Waals surface area contributed by atoms with Gasteiger partial charge in [0.2, 0.25) is 5.91 Å². The number of hydrogen-bond acceptors (Lipinski definition) is 2. The summed E-state index contributed by atoms with van der Waals surface area (Å²) in [5, 5.41) is 12.0. The number of nitrogens with one attached hydrogen (secondary N) is 1.